The Morgan fingerprint density at radius 1 is 1.14 bits per heavy atom. The third-order valence-corrected chi connectivity index (χ3v) is 3.28. The zero-order valence-electron chi connectivity index (χ0n) is 13.0. The van der Waals surface area contributed by atoms with E-state index in [1.54, 1.807) is 0 Å². The van der Waals surface area contributed by atoms with Crippen molar-refractivity contribution in [3.05, 3.63) is 59.7 Å². The Hall–Kier alpha value is -1.84. The van der Waals surface area contributed by atoms with Gasteiger partial charge in [0.15, 0.2) is 0 Å². The number of amides is 1. The zero-order chi connectivity index (χ0) is 15.2. The molecule has 0 aromatic heterocycles. The number of hydrogen-bond donors (Lipinski definition) is 2. The fraction of sp³-hybridized carbons (Fsp3) is 0.278. The standard InChI is InChI=1S/C18H22N2O.ClH/c1-13-5-3-7-16(9-13)17-8-4-6-15(11-17)12-20-18(21)10-14(2)19;/h3-9,11,14H,10,12,19H2,1-2H3,(H,20,21);1H. The van der Waals surface area contributed by atoms with Crippen LogP contribution in [0.4, 0.5) is 0 Å². The van der Waals surface area contributed by atoms with E-state index in [1.807, 2.05) is 19.1 Å². The zero-order valence-corrected chi connectivity index (χ0v) is 13.8. The summed E-state index contributed by atoms with van der Waals surface area (Å²) in [6, 6.07) is 16.5. The van der Waals surface area contributed by atoms with Gasteiger partial charge in [0.1, 0.15) is 0 Å². The Labute approximate surface area is 138 Å². The van der Waals surface area contributed by atoms with Crippen LogP contribution in [0, 0.1) is 6.92 Å². The van der Waals surface area contributed by atoms with Crippen LogP contribution in [0.15, 0.2) is 48.5 Å². The largest absolute Gasteiger partial charge is 0.352 e. The van der Waals surface area contributed by atoms with Crippen LogP contribution in [0.5, 0.6) is 0 Å². The van der Waals surface area contributed by atoms with Crippen molar-refractivity contribution in [2.75, 3.05) is 0 Å². The second-order valence-corrected chi connectivity index (χ2v) is 5.53. The number of carbonyl (C=O) groups excluding carboxylic acids is 1. The van der Waals surface area contributed by atoms with Crippen molar-refractivity contribution in [3.63, 3.8) is 0 Å². The highest BCUT2D eigenvalue weighted by Crippen LogP contribution is 2.21. The summed E-state index contributed by atoms with van der Waals surface area (Å²) in [5, 5.41) is 2.90. The maximum atomic E-state index is 11.6. The van der Waals surface area contributed by atoms with E-state index < -0.39 is 0 Å². The van der Waals surface area contributed by atoms with Crippen LogP contribution in [0.2, 0.25) is 0 Å². The highest BCUT2D eigenvalue weighted by atomic mass is 35.5. The van der Waals surface area contributed by atoms with E-state index in [9.17, 15) is 4.79 Å². The average Bonchev–Trinajstić information content (AvgIpc) is 2.45. The fourth-order valence-corrected chi connectivity index (χ4v) is 2.25. The van der Waals surface area contributed by atoms with Crippen molar-refractivity contribution in [1.29, 1.82) is 0 Å². The summed E-state index contributed by atoms with van der Waals surface area (Å²) in [5.74, 6) is -0.00837. The van der Waals surface area contributed by atoms with E-state index >= 15 is 0 Å². The van der Waals surface area contributed by atoms with Crippen LogP contribution < -0.4 is 11.1 Å². The van der Waals surface area contributed by atoms with Crippen LogP contribution in [-0.4, -0.2) is 11.9 Å². The Bertz CT molecular complexity index is 626. The third-order valence-electron chi connectivity index (χ3n) is 3.28. The van der Waals surface area contributed by atoms with Crippen LogP contribution in [-0.2, 0) is 11.3 Å². The molecule has 118 valence electrons. The average molecular weight is 319 g/mol. The van der Waals surface area contributed by atoms with E-state index in [4.69, 9.17) is 5.73 Å². The number of carbonyl (C=O) groups is 1. The molecule has 2 rings (SSSR count). The second-order valence-electron chi connectivity index (χ2n) is 5.53. The molecule has 4 heteroatoms. The molecule has 1 unspecified atom stereocenters. The van der Waals surface area contributed by atoms with Gasteiger partial charge in [-0.1, -0.05) is 48.0 Å². The first kappa shape index (κ1) is 18.2. The maximum absolute atomic E-state index is 11.6. The number of aryl methyl sites for hydroxylation is 1. The summed E-state index contributed by atoms with van der Waals surface area (Å²) in [4.78, 5) is 11.6. The Morgan fingerprint density at radius 2 is 1.77 bits per heavy atom. The molecular weight excluding hydrogens is 296 g/mol. The molecule has 3 N–H and O–H groups in total. The second kappa shape index (κ2) is 8.57. The molecule has 0 aliphatic heterocycles. The number of benzene rings is 2. The first-order valence-corrected chi connectivity index (χ1v) is 7.23. The molecule has 1 atom stereocenters. The summed E-state index contributed by atoms with van der Waals surface area (Å²) >= 11 is 0. The quantitative estimate of drug-likeness (QED) is 0.887. The van der Waals surface area contributed by atoms with Gasteiger partial charge < -0.3 is 11.1 Å². The highest BCUT2D eigenvalue weighted by molar-refractivity contribution is 5.85. The monoisotopic (exact) mass is 318 g/mol. The van der Waals surface area contributed by atoms with Gasteiger partial charge in [-0.3, -0.25) is 4.79 Å². The molecule has 0 bridgehead atoms. The normalized spacial score (nSPS) is 11.4. The van der Waals surface area contributed by atoms with Gasteiger partial charge in [-0.15, -0.1) is 12.4 Å². The van der Waals surface area contributed by atoms with Crippen LogP contribution in [0.1, 0.15) is 24.5 Å². The Morgan fingerprint density at radius 3 is 2.41 bits per heavy atom. The summed E-state index contributed by atoms with van der Waals surface area (Å²) in [6.45, 7) is 4.45. The van der Waals surface area contributed by atoms with Gasteiger partial charge in [-0.05, 0) is 36.6 Å². The first-order valence-electron chi connectivity index (χ1n) is 7.23. The number of rotatable bonds is 5. The number of halogens is 1. The minimum atomic E-state index is -0.108. The van der Waals surface area contributed by atoms with Crippen molar-refractivity contribution in [2.24, 2.45) is 5.73 Å². The van der Waals surface area contributed by atoms with Crippen LogP contribution in [0.25, 0.3) is 11.1 Å². The molecule has 0 spiro atoms. The third kappa shape index (κ3) is 5.51. The van der Waals surface area contributed by atoms with Gasteiger partial charge in [-0.2, -0.15) is 0 Å². The molecule has 22 heavy (non-hydrogen) atoms. The lowest BCUT2D eigenvalue weighted by atomic mass is 10.0. The van der Waals surface area contributed by atoms with Crippen molar-refractivity contribution < 1.29 is 4.79 Å². The van der Waals surface area contributed by atoms with Gasteiger partial charge in [0, 0.05) is 19.0 Å². The molecule has 0 aliphatic rings. The number of nitrogens with one attached hydrogen (secondary N) is 1. The van der Waals surface area contributed by atoms with E-state index in [2.05, 4.69) is 48.6 Å². The van der Waals surface area contributed by atoms with E-state index in [0.29, 0.717) is 13.0 Å². The summed E-state index contributed by atoms with van der Waals surface area (Å²) in [5.41, 5.74) is 10.3. The summed E-state index contributed by atoms with van der Waals surface area (Å²) in [7, 11) is 0. The smallest absolute Gasteiger partial charge is 0.221 e. The summed E-state index contributed by atoms with van der Waals surface area (Å²) in [6.07, 6.45) is 0.359. The molecule has 2 aromatic rings. The minimum absolute atomic E-state index is 0. The van der Waals surface area contributed by atoms with Crippen molar-refractivity contribution in [3.8, 4) is 11.1 Å². The van der Waals surface area contributed by atoms with Crippen molar-refractivity contribution in [2.45, 2.75) is 32.9 Å². The molecule has 0 saturated heterocycles. The van der Waals surface area contributed by atoms with Gasteiger partial charge >= 0.3 is 0 Å². The van der Waals surface area contributed by atoms with Crippen molar-refractivity contribution in [1.82, 2.24) is 5.32 Å². The number of nitrogens with two attached hydrogens (primary N) is 1. The molecule has 2 aromatic carbocycles. The highest BCUT2D eigenvalue weighted by Gasteiger charge is 2.05. The Balaban J connectivity index is 0.00000242. The minimum Gasteiger partial charge on any atom is -0.352 e. The lowest BCUT2D eigenvalue weighted by Crippen LogP contribution is -2.29. The first-order chi connectivity index (χ1) is 10.0. The fourth-order valence-electron chi connectivity index (χ4n) is 2.25. The van der Waals surface area contributed by atoms with E-state index in [0.717, 1.165) is 11.1 Å². The topological polar surface area (TPSA) is 55.1 Å². The van der Waals surface area contributed by atoms with Crippen LogP contribution >= 0.6 is 12.4 Å². The van der Waals surface area contributed by atoms with Gasteiger partial charge in [0.25, 0.3) is 0 Å². The van der Waals surface area contributed by atoms with Crippen molar-refractivity contribution >= 4 is 18.3 Å². The molecule has 3 nitrogen and oxygen atoms in total. The molecular formula is C18H23ClN2O. The maximum Gasteiger partial charge on any atom is 0.221 e. The van der Waals surface area contributed by atoms with Crippen LogP contribution in [0.3, 0.4) is 0 Å². The SMILES string of the molecule is Cc1cccc(-c2cccc(CNC(=O)CC(C)N)c2)c1.Cl. The molecule has 0 fully saturated rings. The number of hydrogen-bond acceptors (Lipinski definition) is 2. The van der Waals surface area contributed by atoms with Gasteiger partial charge in [0.05, 0.1) is 0 Å². The lowest BCUT2D eigenvalue weighted by molar-refractivity contribution is -0.121. The molecule has 0 radical (unpaired) electrons. The summed E-state index contributed by atoms with van der Waals surface area (Å²) < 4.78 is 0. The lowest BCUT2D eigenvalue weighted by Gasteiger charge is -2.09. The predicted octanol–water partition coefficient (Wildman–Crippen LogP) is 3.44. The predicted molar refractivity (Wildman–Crippen MR) is 94.0 cm³/mol. The molecule has 1 amide bonds. The molecule has 0 aliphatic carbocycles. The molecule has 0 heterocycles. The van der Waals surface area contributed by atoms with E-state index in [-0.39, 0.29) is 24.4 Å². The molecule has 0 saturated carbocycles. The van der Waals surface area contributed by atoms with E-state index in [1.165, 1.54) is 11.1 Å². The Kier molecular flexibility index (Phi) is 7.09. The van der Waals surface area contributed by atoms with Gasteiger partial charge in [0.2, 0.25) is 5.91 Å². The van der Waals surface area contributed by atoms with Gasteiger partial charge in [-0.25, -0.2) is 0 Å².